The maximum Gasteiger partial charge on any atom is 0.238 e. The van der Waals surface area contributed by atoms with Gasteiger partial charge >= 0.3 is 0 Å². The first-order valence-corrected chi connectivity index (χ1v) is 5.64. The Hall–Kier alpha value is -1.68. The predicted molar refractivity (Wildman–Crippen MR) is 68.0 cm³/mol. The molecule has 0 aromatic heterocycles. The van der Waals surface area contributed by atoms with Crippen LogP contribution in [-0.4, -0.2) is 25.3 Å². The minimum Gasteiger partial charge on any atom is -0.325 e. The third-order valence-electron chi connectivity index (χ3n) is 2.34. The van der Waals surface area contributed by atoms with Crippen LogP contribution in [0.1, 0.15) is 18.9 Å². The Labute approximate surface area is 101 Å². The summed E-state index contributed by atoms with van der Waals surface area (Å²) in [6.07, 6.45) is 1.31. The highest BCUT2D eigenvalue weighted by molar-refractivity contribution is 5.92. The molecule has 17 heavy (non-hydrogen) atoms. The predicted octanol–water partition coefficient (Wildman–Crippen LogP) is 1.37. The number of rotatable bonds is 6. The number of likely N-dealkylation sites (N-methyl/N-ethyl adjacent to an activating group) is 1. The fourth-order valence-electron chi connectivity index (χ4n) is 1.44. The Kier molecular flexibility index (Phi) is 5.36. The number of benzene rings is 1. The van der Waals surface area contributed by atoms with E-state index in [1.54, 1.807) is 14.0 Å². The minimum absolute atomic E-state index is 0.0658. The first-order valence-electron chi connectivity index (χ1n) is 5.64. The first-order chi connectivity index (χ1) is 8.11. The van der Waals surface area contributed by atoms with E-state index < -0.39 is 0 Å². The molecule has 1 rings (SSSR count). The molecule has 0 aliphatic rings. The van der Waals surface area contributed by atoms with Crippen LogP contribution in [0.25, 0.3) is 0 Å². The zero-order valence-corrected chi connectivity index (χ0v) is 10.2. The molecule has 0 aliphatic carbocycles. The van der Waals surface area contributed by atoms with Gasteiger partial charge < -0.3 is 15.4 Å². The van der Waals surface area contributed by atoms with Gasteiger partial charge in [0.1, 0.15) is 5.78 Å². The fraction of sp³-hybridized carbons (Fsp3) is 0.385. The molecular weight excluding hydrogens is 216 g/mol. The average molecular weight is 234 g/mol. The van der Waals surface area contributed by atoms with Gasteiger partial charge in [0, 0.05) is 12.1 Å². The zero-order valence-electron chi connectivity index (χ0n) is 10.2. The van der Waals surface area contributed by atoms with E-state index in [1.807, 2.05) is 24.3 Å². The standard InChI is InChI=1S/C13H18N2O2/c1-10(16)3-4-11-5-7-12(8-6-11)15-13(17)9-14-2/h5-8,14H,3-4,9H2,1-2H3,(H,15,17). The van der Waals surface area contributed by atoms with Gasteiger partial charge in [-0.15, -0.1) is 0 Å². The van der Waals surface area contributed by atoms with Gasteiger partial charge in [-0.3, -0.25) is 4.79 Å². The molecule has 4 heteroatoms. The van der Waals surface area contributed by atoms with Gasteiger partial charge in [0.2, 0.25) is 5.91 Å². The van der Waals surface area contributed by atoms with E-state index in [1.165, 1.54) is 0 Å². The van der Waals surface area contributed by atoms with E-state index in [9.17, 15) is 9.59 Å². The number of amides is 1. The van der Waals surface area contributed by atoms with Crippen LogP contribution in [0.5, 0.6) is 0 Å². The molecule has 1 amide bonds. The molecular formula is C13H18N2O2. The second kappa shape index (κ2) is 6.81. The molecule has 0 saturated heterocycles. The molecule has 0 spiro atoms. The van der Waals surface area contributed by atoms with Crippen molar-refractivity contribution in [2.24, 2.45) is 0 Å². The fourth-order valence-corrected chi connectivity index (χ4v) is 1.44. The molecule has 0 aliphatic heterocycles. The molecule has 0 fully saturated rings. The van der Waals surface area contributed by atoms with Gasteiger partial charge in [0.15, 0.2) is 0 Å². The molecule has 92 valence electrons. The second-order valence-corrected chi connectivity index (χ2v) is 3.98. The number of Topliss-reactive ketones (excluding diaryl/α,β-unsaturated/α-hetero) is 1. The molecule has 0 radical (unpaired) electrons. The molecule has 1 aromatic rings. The first kappa shape index (κ1) is 13.4. The minimum atomic E-state index is -0.0658. The van der Waals surface area contributed by atoms with Crippen LogP contribution < -0.4 is 10.6 Å². The van der Waals surface area contributed by atoms with Gasteiger partial charge in [0.05, 0.1) is 6.54 Å². The quantitative estimate of drug-likeness (QED) is 0.781. The van der Waals surface area contributed by atoms with Gasteiger partial charge in [-0.2, -0.15) is 0 Å². The highest BCUT2D eigenvalue weighted by atomic mass is 16.2. The van der Waals surface area contributed by atoms with E-state index in [-0.39, 0.29) is 11.7 Å². The Morgan fingerprint density at radius 3 is 2.35 bits per heavy atom. The molecule has 4 nitrogen and oxygen atoms in total. The molecule has 0 bridgehead atoms. The SMILES string of the molecule is CNCC(=O)Nc1ccc(CCC(C)=O)cc1. The summed E-state index contributed by atoms with van der Waals surface area (Å²) in [7, 11) is 1.73. The van der Waals surface area contributed by atoms with E-state index >= 15 is 0 Å². The van der Waals surface area contributed by atoms with Crippen molar-refractivity contribution >= 4 is 17.4 Å². The van der Waals surface area contributed by atoms with Gasteiger partial charge in [-0.1, -0.05) is 12.1 Å². The van der Waals surface area contributed by atoms with Gasteiger partial charge in [0.25, 0.3) is 0 Å². The summed E-state index contributed by atoms with van der Waals surface area (Å²) in [5, 5.41) is 5.55. The molecule has 0 heterocycles. The van der Waals surface area contributed by atoms with Crippen molar-refractivity contribution in [3.05, 3.63) is 29.8 Å². The Bertz CT molecular complexity index is 385. The lowest BCUT2D eigenvalue weighted by molar-refractivity contribution is -0.117. The van der Waals surface area contributed by atoms with Crippen molar-refractivity contribution in [1.82, 2.24) is 5.32 Å². The summed E-state index contributed by atoms with van der Waals surface area (Å²) >= 11 is 0. The van der Waals surface area contributed by atoms with E-state index in [2.05, 4.69) is 10.6 Å². The summed E-state index contributed by atoms with van der Waals surface area (Å²) in [6, 6.07) is 7.56. The lowest BCUT2D eigenvalue weighted by Gasteiger charge is -2.05. The summed E-state index contributed by atoms with van der Waals surface area (Å²) in [6.45, 7) is 1.89. The number of aryl methyl sites for hydroxylation is 1. The van der Waals surface area contributed by atoms with E-state index in [0.29, 0.717) is 13.0 Å². The number of hydrogen-bond acceptors (Lipinski definition) is 3. The van der Waals surface area contributed by atoms with Crippen molar-refractivity contribution in [1.29, 1.82) is 0 Å². The maximum absolute atomic E-state index is 11.3. The van der Waals surface area contributed by atoms with Crippen LogP contribution in [0, 0.1) is 0 Å². The Balaban J connectivity index is 2.49. The van der Waals surface area contributed by atoms with Crippen LogP contribution in [0.3, 0.4) is 0 Å². The summed E-state index contributed by atoms with van der Waals surface area (Å²) < 4.78 is 0. The highest BCUT2D eigenvalue weighted by Crippen LogP contribution is 2.11. The van der Waals surface area contributed by atoms with Crippen molar-refractivity contribution in [3.8, 4) is 0 Å². The average Bonchev–Trinajstić information content (AvgIpc) is 2.28. The third kappa shape index (κ3) is 5.26. The normalized spacial score (nSPS) is 10.0. The molecule has 1 aromatic carbocycles. The van der Waals surface area contributed by atoms with Gasteiger partial charge in [-0.25, -0.2) is 0 Å². The third-order valence-corrected chi connectivity index (χ3v) is 2.34. The Morgan fingerprint density at radius 1 is 1.18 bits per heavy atom. The summed E-state index contributed by atoms with van der Waals surface area (Å²) in [5.74, 6) is 0.125. The lowest BCUT2D eigenvalue weighted by Crippen LogP contribution is -2.24. The van der Waals surface area contributed by atoms with Crippen molar-refractivity contribution in [2.75, 3.05) is 18.9 Å². The van der Waals surface area contributed by atoms with Crippen molar-refractivity contribution in [3.63, 3.8) is 0 Å². The van der Waals surface area contributed by atoms with Crippen LogP contribution in [0.2, 0.25) is 0 Å². The molecule has 0 atom stereocenters. The van der Waals surface area contributed by atoms with Crippen molar-refractivity contribution < 1.29 is 9.59 Å². The number of carbonyl (C=O) groups is 2. The summed E-state index contributed by atoms with van der Waals surface area (Å²) in [5.41, 5.74) is 1.88. The number of anilines is 1. The van der Waals surface area contributed by atoms with Crippen LogP contribution in [-0.2, 0) is 16.0 Å². The molecule has 0 unspecified atom stereocenters. The topological polar surface area (TPSA) is 58.2 Å². The van der Waals surface area contributed by atoms with E-state index in [4.69, 9.17) is 0 Å². The van der Waals surface area contributed by atoms with Crippen molar-refractivity contribution in [2.45, 2.75) is 19.8 Å². The lowest BCUT2D eigenvalue weighted by atomic mass is 10.1. The number of carbonyl (C=O) groups excluding carboxylic acids is 2. The largest absolute Gasteiger partial charge is 0.325 e. The maximum atomic E-state index is 11.3. The number of nitrogens with one attached hydrogen (secondary N) is 2. The zero-order chi connectivity index (χ0) is 12.7. The van der Waals surface area contributed by atoms with Crippen LogP contribution in [0.4, 0.5) is 5.69 Å². The second-order valence-electron chi connectivity index (χ2n) is 3.98. The highest BCUT2D eigenvalue weighted by Gasteiger charge is 2.01. The van der Waals surface area contributed by atoms with Gasteiger partial charge in [-0.05, 0) is 38.1 Å². The summed E-state index contributed by atoms with van der Waals surface area (Å²) in [4.78, 5) is 22.1. The number of ketones is 1. The molecule has 0 saturated carbocycles. The van der Waals surface area contributed by atoms with E-state index in [0.717, 1.165) is 17.7 Å². The monoisotopic (exact) mass is 234 g/mol. The smallest absolute Gasteiger partial charge is 0.238 e. The van der Waals surface area contributed by atoms with Crippen LogP contribution in [0.15, 0.2) is 24.3 Å². The van der Waals surface area contributed by atoms with Crippen LogP contribution >= 0.6 is 0 Å². The molecule has 2 N–H and O–H groups in total. The Morgan fingerprint density at radius 2 is 1.82 bits per heavy atom. The number of hydrogen-bond donors (Lipinski definition) is 2.